The molecule has 16 heavy (non-hydrogen) atoms. The summed E-state index contributed by atoms with van der Waals surface area (Å²) in [5.74, 6) is 1.03. The van der Waals surface area contributed by atoms with Crippen molar-refractivity contribution in [2.45, 2.75) is 13.3 Å². The highest BCUT2D eigenvalue weighted by Gasteiger charge is 2.11. The predicted octanol–water partition coefficient (Wildman–Crippen LogP) is 1.29. The number of nitrogens with two attached hydrogens (primary N) is 1. The van der Waals surface area contributed by atoms with Crippen molar-refractivity contribution in [3.05, 3.63) is 36.0 Å². The highest BCUT2D eigenvalue weighted by atomic mass is 15.1. The molecule has 0 fully saturated rings. The summed E-state index contributed by atoms with van der Waals surface area (Å²) < 4.78 is 2.10. The van der Waals surface area contributed by atoms with Gasteiger partial charge in [-0.1, -0.05) is 0 Å². The average molecular weight is 216 g/mol. The average Bonchev–Trinajstić information content (AvgIpc) is 2.59. The number of pyridine rings is 1. The van der Waals surface area contributed by atoms with E-state index in [0.29, 0.717) is 6.54 Å². The van der Waals surface area contributed by atoms with Crippen LogP contribution in [-0.4, -0.2) is 21.1 Å². The van der Waals surface area contributed by atoms with E-state index in [2.05, 4.69) is 21.5 Å². The molecule has 0 saturated heterocycles. The third kappa shape index (κ3) is 1.84. The van der Waals surface area contributed by atoms with E-state index in [-0.39, 0.29) is 0 Å². The summed E-state index contributed by atoms with van der Waals surface area (Å²) in [6.07, 6.45) is 4.38. The van der Waals surface area contributed by atoms with Gasteiger partial charge in [0.05, 0.1) is 5.69 Å². The Morgan fingerprint density at radius 1 is 1.31 bits per heavy atom. The molecule has 0 unspecified atom stereocenters. The second-order valence-corrected chi connectivity index (χ2v) is 3.80. The van der Waals surface area contributed by atoms with Crippen LogP contribution in [0.5, 0.6) is 0 Å². The first-order valence-corrected chi connectivity index (χ1v) is 5.36. The van der Waals surface area contributed by atoms with Crippen LogP contribution < -0.4 is 5.73 Å². The summed E-state index contributed by atoms with van der Waals surface area (Å²) >= 11 is 0. The monoisotopic (exact) mass is 216 g/mol. The topological polar surface area (TPSA) is 56.7 Å². The zero-order valence-corrected chi connectivity index (χ0v) is 9.64. The van der Waals surface area contributed by atoms with Gasteiger partial charge in [0.25, 0.3) is 0 Å². The van der Waals surface area contributed by atoms with E-state index < -0.39 is 0 Å². The van der Waals surface area contributed by atoms with E-state index in [1.54, 1.807) is 12.4 Å². The Bertz CT molecular complexity index is 473. The van der Waals surface area contributed by atoms with Gasteiger partial charge in [-0.05, 0) is 25.6 Å². The zero-order valence-electron chi connectivity index (χ0n) is 9.64. The van der Waals surface area contributed by atoms with E-state index in [9.17, 15) is 0 Å². The SMILES string of the molecule is Cc1c(-c2ccncc2)nc(CCN)n1C. The Morgan fingerprint density at radius 2 is 2.00 bits per heavy atom. The van der Waals surface area contributed by atoms with E-state index >= 15 is 0 Å². The number of imidazole rings is 1. The number of nitrogens with zero attached hydrogens (tertiary/aromatic N) is 3. The maximum Gasteiger partial charge on any atom is 0.110 e. The minimum Gasteiger partial charge on any atom is -0.335 e. The molecule has 0 aliphatic carbocycles. The van der Waals surface area contributed by atoms with Gasteiger partial charge in [0, 0.05) is 37.1 Å². The van der Waals surface area contributed by atoms with Gasteiger partial charge in [0.15, 0.2) is 0 Å². The summed E-state index contributed by atoms with van der Waals surface area (Å²) in [6.45, 7) is 2.70. The molecule has 0 bridgehead atoms. The van der Waals surface area contributed by atoms with Gasteiger partial charge in [-0.2, -0.15) is 0 Å². The van der Waals surface area contributed by atoms with Crippen molar-refractivity contribution in [1.29, 1.82) is 0 Å². The van der Waals surface area contributed by atoms with Crippen LogP contribution in [-0.2, 0) is 13.5 Å². The molecule has 4 nitrogen and oxygen atoms in total. The van der Waals surface area contributed by atoms with Gasteiger partial charge in [-0.15, -0.1) is 0 Å². The number of hydrogen-bond donors (Lipinski definition) is 1. The molecule has 2 rings (SSSR count). The fraction of sp³-hybridized carbons (Fsp3) is 0.333. The van der Waals surface area contributed by atoms with Crippen LogP contribution >= 0.6 is 0 Å². The lowest BCUT2D eigenvalue weighted by molar-refractivity contribution is 0.761. The molecule has 4 heteroatoms. The molecule has 0 atom stereocenters. The Morgan fingerprint density at radius 3 is 2.62 bits per heavy atom. The van der Waals surface area contributed by atoms with Crippen LogP contribution in [0, 0.1) is 6.92 Å². The van der Waals surface area contributed by atoms with Gasteiger partial charge in [-0.25, -0.2) is 4.98 Å². The first-order chi connectivity index (χ1) is 7.74. The molecule has 0 spiro atoms. The maximum atomic E-state index is 5.56. The van der Waals surface area contributed by atoms with Crippen molar-refractivity contribution in [3.8, 4) is 11.3 Å². The van der Waals surface area contributed by atoms with Crippen molar-refractivity contribution in [3.63, 3.8) is 0 Å². The summed E-state index contributed by atoms with van der Waals surface area (Å²) in [4.78, 5) is 8.64. The van der Waals surface area contributed by atoms with Crippen LogP contribution in [0.2, 0.25) is 0 Å². The Kier molecular flexibility index (Phi) is 3.01. The fourth-order valence-electron chi connectivity index (χ4n) is 1.77. The second kappa shape index (κ2) is 4.45. The predicted molar refractivity (Wildman–Crippen MR) is 63.9 cm³/mol. The molecule has 0 amide bonds. The first-order valence-electron chi connectivity index (χ1n) is 5.36. The lowest BCUT2D eigenvalue weighted by Crippen LogP contribution is -2.08. The Hall–Kier alpha value is -1.68. The van der Waals surface area contributed by atoms with Gasteiger partial charge in [0.2, 0.25) is 0 Å². The molecule has 2 heterocycles. The van der Waals surface area contributed by atoms with E-state index in [0.717, 1.165) is 29.2 Å². The Balaban J connectivity index is 2.46. The summed E-state index contributed by atoms with van der Waals surface area (Å²) in [5, 5.41) is 0. The molecule has 2 aromatic rings. The van der Waals surface area contributed by atoms with E-state index in [1.165, 1.54) is 0 Å². The lowest BCUT2D eigenvalue weighted by atomic mass is 10.2. The number of hydrogen-bond acceptors (Lipinski definition) is 3. The van der Waals surface area contributed by atoms with Crippen LogP contribution in [0.25, 0.3) is 11.3 Å². The third-order valence-electron chi connectivity index (χ3n) is 2.80. The van der Waals surface area contributed by atoms with Crippen LogP contribution in [0.15, 0.2) is 24.5 Å². The van der Waals surface area contributed by atoms with Crippen molar-refractivity contribution < 1.29 is 0 Å². The number of rotatable bonds is 3. The van der Waals surface area contributed by atoms with Crippen molar-refractivity contribution in [2.24, 2.45) is 12.8 Å². The summed E-state index contributed by atoms with van der Waals surface area (Å²) in [6, 6.07) is 3.95. The molecule has 2 N–H and O–H groups in total. The number of aromatic nitrogens is 3. The normalized spacial score (nSPS) is 10.7. The molecule has 0 aromatic carbocycles. The third-order valence-corrected chi connectivity index (χ3v) is 2.80. The van der Waals surface area contributed by atoms with Gasteiger partial charge in [0.1, 0.15) is 5.82 Å². The summed E-state index contributed by atoms with van der Waals surface area (Å²) in [7, 11) is 2.03. The van der Waals surface area contributed by atoms with Crippen LogP contribution in [0.4, 0.5) is 0 Å². The van der Waals surface area contributed by atoms with Gasteiger partial charge >= 0.3 is 0 Å². The lowest BCUT2D eigenvalue weighted by Gasteiger charge is -2.00. The molecule has 0 saturated carbocycles. The van der Waals surface area contributed by atoms with Crippen molar-refractivity contribution in [2.75, 3.05) is 6.54 Å². The molecule has 84 valence electrons. The Labute approximate surface area is 95.1 Å². The molecule has 0 aliphatic heterocycles. The van der Waals surface area contributed by atoms with Gasteiger partial charge in [-0.3, -0.25) is 4.98 Å². The highest BCUT2D eigenvalue weighted by Crippen LogP contribution is 2.22. The fourth-order valence-corrected chi connectivity index (χ4v) is 1.77. The van der Waals surface area contributed by atoms with Crippen LogP contribution in [0.3, 0.4) is 0 Å². The van der Waals surface area contributed by atoms with Crippen LogP contribution in [0.1, 0.15) is 11.5 Å². The van der Waals surface area contributed by atoms with Crippen molar-refractivity contribution >= 4 is 0 Å². The minimum absolute atomic E-state index is 0.625. The van der Waals surface area contributed by atoms with Crippen molar-refractivity contribution in [1.82, 2.24) is 14.5 Å². The largest absolute Gasteiger partial charge is 0.335 e. The molecular weight excluding hydrogens is 200 g/mol. The zero-order chi connectivity index (χ0) is 11.5. The molecule has 0 radical (unpaired) electrons. The standard InChI is InChI=1S/C12H16N4/c1-9-12(10-4-7-14-8-5-10)15-11(3-6-13)16(9)2/h4-5,7-8H,3,6,13H2,1-2H3. The maximum absolute atomic E-state index is 5.56. The van der Waals surface area contributed by atoms with E-state index in [4.69, 9.17) is 5.73 Å². The molecule has 0 aliphatic rings. The smallest absolute Gasteiger partial charge is 0.110 e. The molecule has 2 aromatic heterocycles. The highest BCUT2D eigenvalue weighted by molar-refractivity contribution is 5.61. The van der Waals surface area contributed by atoms with Gasteiger partial charge < -0.3 is 10.3 Å². The molecular formula is C12H16N4. The quantitative estimate of drug-likeness (QED) is 0.841. The second-order valence-electron chi connectivity index (χ2n) is 3.80. The summed E-state index contributed by atoms with van der Waals surface area (Å²) in [5.41, 5.74) is 8.85. The minimum atomic E-state index is 0.625. The first kappa shape index (κ1) is 10.8. The van der Waals surface area contributed by atoms with E-state index in [1.807, 2.05) is 19.2 Å².